The number of hydrogen-bond donors (Lipinski definition) is 2. The van der Waals surface area contributed by atoms with Gasteiger partial charge in [0.05, 0.1) is 6.20 Å². The van der Waals surface area contributed by atoms with E-state index in [1.807, 2.05) is 24.5 Å². The molecule has 0 aliphatic carbocycles. The van der Waals surface area contributed by atoms with E-state index >= 15 is 0 Å². The summed E-state index contributed by atoms with van der Waals surface area (Å²) in [5.74, 6) is 0.291. The van der Waals surface area contributed by atoms with E-state index in [0.717, 1.165) is 37.1 Å². The molecular formula is C22H23N3O2. The van der Waals surface area contributed by atoms with Gasteiger partial charge in [-0.15, -0.1) is 0 Å². The van der Waals surface area contributed by atoms with E-state index in [1.54, 1.807) is 0 Å². The minimum absolute atomic E-state index is 0.0328. The number of aromatic nitrogens is 2. The zero-order chi connectivity index (χ0) is 18.7. The molecule has 1 aliphatic heterocycles. The smallest absolute Gasteiger partial charge is 0.308 e. The summed E-state index contributed by atoms with van der Waals surface area (Å²) in [5.41, 5.74) is 4.79. The molecule has 5 nitrogen and oxygen atoms in total. The first-order valence-electron chi connectivity index (χ1n) is 9.27. The number of aromatic amines is 1. The minimum Gasteiger partial charge on any atom is -0.427 e. The Balaban J connectivity index is 1.69. The lowest BCUT2D eigenvalue weighted by atomic mass is 9.68. The summed E-state index contributed by atoms with van der Waals surface area (Å²) in [6.45, 7) is 3.38. The van der Waals surface area contributed by atoms with Crippen LogP contribution in [0.5, 0.6) is 5.75 Å². The van der Waals surface area contributed by atoms with Gasteiger partial charge in [0.2, 0.25) is 0 Å². The summed E-state index contributed by atoms with van der Waals surface area (Å²) in [6.07, 6.45) is 5.81. The van der Waals surface area contributed by atoms with E-state index in [-0.39, 0.29) is 11.4 Å². The van der Waals surface area contributed by atoms with Crippen LogP contribution in [-0.2, 0) is 10.2 Å². The van der Waals surface area contributed by atoms with E-state index in [2.05, 4.69) is 51.9 Å². The highest BCUT2D eigenvalue weighted by Crippen LogP contribution is 2.41. The highest BCUT2D eigenvalue weighted by molar-refractivity contribution is 5.69. The van der Waals surface area contributed by atoms with E-state index in [9.17, 15) is 4.79 Å². The van der Waals surface area contributed by atoms with Gasteiger partial charge in [0, 0.05) is 24.1 Å². The number of rotatable bonds is 4. The number of esters is 1. The molecule has 5 heteroatoms. The SMILES string of the molecule is CC(=O)Oc1ccc(C2(c3ccc(-c4cn[nH]c4)cc3)CCNCC2)cc1. The normalized spacial score (nSPS) is 16.0. The Morgan fingerprint density at radius 1 is 0.963 bits per heavy atom. The van der Waals surface area contributed by atoms with Crippen LogP contribution in [0, 0.1) is 0 Å². The van der Waals surface area contributed by atoms with Crippen molar-refractivity contribution in [3.63, 3.8) is 0 Å². The van der Waals surface area contributed by atoms with Crippen LogP contribution < -0.4 is 10.1 Å². The fraction of sp³-hybridized carbons (Fsp3) is 0.273. The molecule has 0 bridgehead atoms. The molecule has 1 aliphatic rings. The van der Waals surface area contributed by atoms with Crippen LogP contribution in [0.4, 0.5) is 0 Å². The van der Waals surface area contributed by atoms with Gasteiger partial charge in [-0.3, -0.25) is 9.89 Å². The van der Waals surface area contributed by atoms with Gasteiger partial charge in [0.25, 0.3) is 0 Å². The van der Waals surface area contributed by atoms with Crippen LogP contribution in [-0.4, -0.2) is 29.3 Å². The fourth-order valence-corrected chi connectivity index (χ4v) is 4.00. The monoisotopic (exact) mass is 361 g/mol. The molecule has 2 heterocycles. The van der Waals surface area contributed by atoms with Gasteiger partial charge in [-0.05, 0) is 54.8 Å². The molecule has 138 valence electrons. The summed E-state index contributed by atoms with van der Waals surface area (Å²) in [7, 11) is 0. The van der Waals surface area contributed by atoms with Gasteiger partial charge in [0.1, 0.15) is 5.75 Å². The molecule has 4 rings (SSSR count). The number of nitrogens with zero attached hydrogens (tertiary/aromatic N) is 1. The topological polar surface area (TPSA) is 67.0 Å². The first kappa shape index (κ1) is 17.5. The van der Waals surface area contributed by atoms with Crippen molar-refractivity contribution in [3.8, 4) is 16.9 Å². The Labute approximate surface area is 158 Å². The van der Waals surface area contributed by atoms with E-state index in [0.29, 0.717) is 5.75 Å². The lowest BCUT2D eigenvalue weighted by molar-refractivity contribution is -0.131. The van der Waals surface area contributed by atoms with Gasteiger partial charge >= 0.3 is 5.97 Å². The molecular weight excluding hydrogens is 338 g/mol. The lowest BCUT2D eigenvalue weighted by Gasteiger charge is -2.39. The number of carbonyl (C=O) groups is 1. The van der Waals surface area contributed by atoms with E-state index in [4.69, 9.17) is 4.74 Å². The Morgan fingerprint density at radius 3 is 2.15 bits per heavy atom. The summed E-state index contributed by atoms with van der Waals surface area (Å²) in [5, 5.41) is 10.4. The second kappa shape index (κ2) is 7.37. The largest absolute Gasteiger partial charge is 0.427 e. The molecule has 3 aromatic rings. The maximum atomic E-state index is 11.2. The summed E-state index contributed by atoms with van der Waals surface area (Å²) >= 11 is 0. The van der Waals surface area contributed by atoms with Crippen molar-refractivity contribution in [1.29, 1.82) is 0 Å². The third kappa shape index (κ3) is 3.51. The molecule has 1 aromatic heterocycles. The average molecular weight is 361 g/mol. The lowest BCUT2D eigenvalue weighted by Crippen LogP contribution is -2.40. The van der Waals surface area contributed by atoms with Crippen LogP contribution >= 0.6 is 0 Å². The second-order valence-corrected chi connectivity index (χ2v) is 7.01. The number of carbonyl (C=O) groups excluding carboxylic acids is 1. The predicted octanol–water partition coefficient (Wildman–Crippen LogP) is 3.67. The van der Waals surface area contributed by atoms with Gasteiger partial charge in [-0.2, -0.15) is 5.10 Å². The Bertz CT molecular complexity index is 894. The van der Waals surface area contributed by atoms with Gasteiger partial charge in [-0.25, -0.2) is 0 Å². The minimum atomic E-state index is -0.297. The number of piperidine rings is 1. The summed E-state index contributed by atoms with van der Waals surface area (Å²) in [4.78, 5) is 11.2. The quantitative estimate of drug-likeness (QED) is 0.550. The first-order valence-corrected chi connectivity index (χ1v) is 9.27. The molecule has 0 unspecified atom stereocenters. The number of nitrogens with one attached hydrogen (secondary N) is 2. The molecule has 0 atom stereocenters. The van der Waals surface area contributed by atoms with Crippen molar-refractivity contribution in [1.82, 2.24) is 15.5 Å². The maximum absolute atomic E-state index is 11.2. The molecule has 2 N–H and O–H groups in total. The maximum Gasteiger partial charge on any atom is 0.308 e. The van der Waals surface area contributed by atoms with Crippen molar-refractivity contribution in [2.75, 3.05) is 13.1 Å². The van der Waals surface area contributed by atoms with Crippen molar-refractivity contribution >= 4 is 5.97 Å². The van der Waals surface area contributed by atoms with E-state index in [1.165, 1.54) is 18.1 Å². The summed E-state index contributed by atoms with van der Waals surface area (Å²) in [6, 6.07) is 16.7. The Morgan fingerprint density at radius 2 is 1.59 bits per heavy atom. The molecule has 1 saturated heterocycles. The van der Waals surface area contributed by atoms with Crippen molar-refractivity contribution in [2.24, 2.45) is 0 Å². The summed E-state index contributed by atoms with van der Waals surface area (Å²) < 4.78 is 5.19. The average Bonchev–Trinajstić information content (AvgIpc) is 3.24. The Kier molecular flexibility index (Phi) is 4.77. The van der Waals surface area contributed by atoms with E-state index < -0.39 is 0 Å². The zero-order valence-corrected chi connectivity index (χ0v) is 15.4. The number of H-pyrrole nitrogens is 1. The van der Waals surface area contributed by atoms with Gasteiger partial charge in [-0.1, -0.05) is 36.4 Å². The van der Waals surface area contributed by atoms with Crippen molar-refractivity contribution in [3.05, 3.63) is 72.1 Å². The van der Waals surface area contributed by atoms with Crippen LogP contribution in [0.15, 0.2) is 60.9 Å². The van der Waals surface area contributed by atoms with Crippen LogP contribution in [0.2, 0.25) is 0 Å². The highest BCUT2D eigenvalue weighted by Gasteiger charge is 2.35. The molecule has 0 spiro atoms. The zero-order valence-electron chi connectivity index (χ0n) is 15.4. The second-order valence-electron chi connectivity index (χ2n) is 7.01. The Hall–Kier alpha value is -2.92. The number of ether oxygens (including phenoxy) is 1. The predicted molar refractivity (Wildman–Crippen MR) is 105 cm³/mol. The first-order chi connectivity index (χ1) is 13.2. The molecule has 0 saturated carbocycles. The van der Waals surface area contributed by atoms with Crippen molar-refractivity contribution in [2.45, 2.75) is 25.2 Å². The molecule has 1 fully saturated rings. The van der Waals surface area contributed by atoms with Gasteiger partial charge in [0.15, 0.2) is 0 Å². The molecule has 0 radical (unpaired) electrons. The molecule has 0 amide bonds. The third-order valence-corrected chi connectivity index (χ3v) is 5.39. The van der Waals surface area contributed by atoms with Crippen LogP contribution in [0.1, 0.15) is 30.9 Å². The number of benzene rings is 2. The van der Waals surface area contributed by atoms with Gasteiger partial charge < -0.3 is 10.1 Å². The third-order valence-electron chi connectivity index (χ3n) is 5.39. The van der Waals surface area contributed by atoms with Crippen molar-refractivity contribution < 1.29 is 9.53 Å². The number of hydrogen-bond acceptors (Lipinski definition) is 4. The molecule has 27 heavy (non-hydrogen) atoms. The van der Waals surface area contributed by atoms with Crippen LogP contribution in [0.25, 0.3) is 11.1 Å². The fourth-order valence-electron chi connectivity index (χ4n) is 4.00. The standard InChI is InChI=1S/C22H23N3O2/c1-16(26)27-21-8-6-20(7-9-21)22(10-12-23-13-11-22)19-4-2-17(3-5-19)18-14-24-25-15-18/h2-9,14-15,23H,10-13H2,1H3,(H,24,25). The highest BCUT2D eigenvalue weighted by atomic mass is 16.5. The molecule has 2 aromatic carbocycles. The van der Waals surface area contributed by atoms with Crippen LogP contribution in [0.3, 0.4) is 0 Å².